The first kappa shape index (κ1) is 14.5. The number of benzene rings is 1. The van der Waals surface area contributed by atoms with Gasteiger partial charge in [-0.1, -0.05) is 0 Å². The minimum absolute atomic E-state index is 0.419. The lowest BCUT2D eigenvalue weighted by Crippen LogP contribution is -2.06. The van der Waals surface area contributed by atoms with E-state index in [0.29, 0.717) is 24.3 Å². The zero-order chi connectivity index (χ0) is 14.6. The van der Waals surface area contributed by atoms with Gasteiger partial charge in [0.15, 0.2) is 0 Å². The van der Waals surface area contributed by atoms with Crippen LogP contribution in [0.2, 0.25) is 0 Å². The van der Waals surface area contributed by atoms with Gasteiger partial charge < -0.3 is 9.84 Å². The summed E-state index contributed by atoms with van der Waals surface area (Å²) in [5.41, 5.74) is -1.44. The van der Waals surface area contributed by atoms with E-state index in [1.54, 1.807) is 0 Å². The van der Waals surface area contributed by atoms with Gasteiger partial charge in [0, 0.05) is 12.1 Å². The SMILES string of the molecule is O=C(O)/C=C/c1cc(F)cc(OC(F)F)c1[N+](=O)[O-]. The zero-order valence-corrected chi connectivity index (χ0v) is 9.05. The molecule has 19 heavy (non-hydrogen) atoms. The molecule has 0 amide bonds. The molecule has 1 aromatic carbocycles. The number of aliphatic carboxylic acids is 1. The smallest absolute Gasteiger partial charge is 0.387 e. The topological polar surface area (TPSA) is 89.7 Å². The van der Waals surface area contributed by atoms with Gasteiger partial charge >= 0.3 is 18.3 Å². The van der Waals surface area contributed by atoms with E-state index in [0.717, 1.165) is 0 Å². The van der Waals surface area contributed by atoms with E-state index in [1.807, 2.05) is 0 Å². The van der Waals surface area contributed by atoms with Crippen LogP contribution in [0, 0.1) is 15.9 Å². The zero-order valence-electron chi connectivity index (χ0n) is 9.05. The molecule has 0 aliphatic rings. The first-order valence-corrected chi connectivity index (χ1v) is 4.65. The molecule has 0 atom stereocenters. The lowest BCUT2D eigenvalue weighted by molar-refractivity contribution is -0.386. The highest BCUT2D eigenvalue weighted by molar-refractivity contribution is 5.86. The van der Waals surface area contributed by atoms with Crippen molar-refractivity contribution in [3.8, 4) is 5.75 Å². The Hall–Kier alpha value is -2.58. The summed E-state index contributed by atoms with van der Waals surface area (Å²) in [6, 6.07) is 1.05. The number of halogens is 3. The van der Waals surface area contributed by atoms with Gasteiger partial charge in [-0.3, -0.25) is 10.1 Å². The highest BCUT2D eigenvalue weighted by Gasteiger charge is 2.24. The van der Waals surface area contributed by atoms with Crippen molar-refractivity contribution in [3.63, 3.8) is 0 Å². The number of nitro groups is 1. The molecule has 102 valence electrons. The molecule has 0 bridgehead atoms. The van der Waals surface area contributed by atoms with E-state index in [1.165, 1.54) is 0 Å². The number of hydrogen-bond donors (Lipinski definition) is 1. The molecule has 0 fully saturated rings. The number of rotatable bonds is 5. The van der Waals surface area contributed by atoms with E-state index < -0.39 is 40.3 Å². The number of carboxylic acid groups (broad SMARTS) is 1. The molecule has 6 nitrogen and oxygen atoms in total. The average Bonchev–Trinajstić information content (AvgIpc) is 2.23. The van der Waals surface area contributed by atoms with E-state index in [9.17, 15) is 28.1 Å². The Bertz CT molecular complexity index is 544. The normalized spacial score (nSPS) is 10.9. The molecule has 0 aliphatic carbocycles. The van der Waals surface area contributed by atoms with Gasteiger partial charge in [-0.05, 0) is 12.1 Å². The second-order valence-electron chi connectivity index (χ2n) is 3.15. The molecule has 0 saturated carbocycles. The molecule has 0 spiro atoms. The number of nitro benzene ring substituents is 1. The van der Waals surface area contributed by atoms with Crippen LogP contribution in [0.15, 0.2) is 18.2 Å². The van der Waals surface area contributed by atoms with Crippen molar-refractivity contribution in [1.82, 2.24) is 0 Å². The first-order chi connectivity index (χ1) is 8.81. The molecular formula is C10H6F3NO5. The number of nitrogens with zero attached hydrogens (tertiary/aromatic N) is 1. The molecule has 0 heterocycles. The molecule has 1 rings (SSSR count). The second kappa shape index (κ2) is 5.85. The maximum Gasteiger partial charge on any atom is 0.387 e. The van der Waals surface area contributed by atoms with Gasteiger partial charge in [-0.25, -0.2) is 9.18 Å². The Morgan fingerprint density at radius 2 is 2.11 bits per heavy atom. The van der Waals surface area contributed by atoms with Crippen LogP contribution in [0.25, 0.3) is 6.08 Å². The van der Waals surface area contributed by atoms with E-state index in [4.69, 9.17) is 5.11 Å². The standard InChI is InChI=1S/C10H6F3NO5/c11-6-3-5(1-2-8(15)16)9(14(17)18)7(4-6)19-10(12)13/h1-4,10H,(H,15,16)/b2-1+. The van der Waals surface area contributed by atoms with Crippen LogP contribution in [-0.4, -0.2) is 22.6 Å². The third kappa shape index (κ3) is 3.98. The fourth-order valence-corrected chi connectivity index (χ4v) is 1.26. The van der Waals surface area contributed by atoms with Crippen LogP contribution in [0.3, 0.4) is 0 Å². The Labute approximate surface area is 103 Å². The van der Waals surface area contributed by atoms with E-state index >= 15 is 0 Å². The number of hydrogen-bond acceptors (Lipinski definition) is 4. The summed E-state index contributed by atoms with van der Waals surface area (Å²) in [5, 5.41) is 19.1. The van der Waals surface area contributed by atoms with E-state index in [-0.39, 0.29) is 0 Å². The molecule has 0 aromatic heterocycles. The fourth-order valence-electron chi connectivity index (χ4n) is 1.26. The van der Waals surface area contributed by atoms with Gasteiger partial charge in [-0.15, -0.1) is 0 Å². The highest BCUT2D eigenvalue weighted by atomic mass is 19.3. The quantitative estimate of drug-likeness (QED) is 0.507. The molecule has 0 saturated heterocycles. The summed E-state index contributed by atoms with van der Waals surface area (Å²) in [5.74, 6) is -3.49. The van der Waals surface area contributed by atoms with Crippen molar-refractivity contribution < 1.29 is 32.7 Å². The van der Waals surface area contributed by atoms with Crippen LogP contribution in [0.4, 0.5) is 18.9 Å². The highest BCUT2D eigenvalue weighted by Crippen LogP contribution is 2.34. The van der Waals surface area contributed by atoms with Crippen LogP contribution >= 0.6 is 0 Å². The summed E-state index contributed by atoms with van der Waals surface area (Å²) < 4.78 is 41.1. The third-order valence-electron chi connectivity index (χ3n) is 1.87. The third-order valence-corrected chi connectivity index (χ3v) is 1.87. The summed E-state index contributed by atoms with van der Waals surface area (Å²) in [7, 11) is 0. The van der Waals surface area contributed by atoms with Gasteiger partial charge in [0.05, 0.1) is 10.5 Å². The van der Waals surface area contributed by atoms with Crippen LogP contribution in [0.1, 0.15) is 5.56 Å². The lowest BCUT2D eigenvalue weighted by Gasteiger charge is -2.07. The average molecular weight is 277 g/mol. The summed E-state index contributed by atoms with van der Waals surface area (Å²) in [4.78, 5) is 20.0. The summed E-state index contributed by atoms with van der Waals surface area (Å²) >= 11 is 0. The van der Waals surface area contributed by atoms with Crippen molar-refractivity contribution in [2.45, 2.75) is 6.61 Å². The summed E-state index contributed by atoms with van der Waals surface area (Å²) in [6.45, 7) is -3.38. The van der Waals surface area contributed by atoms with Gasteiger partial charge in [0.1, 0.15) is 5.82 Å². The van der Waals surface area contributed by atoms with Gasteiger partial charge in [0.2, 0.25) is 5.75 Å². The molecular weight excluding hydrogens is 271 g/mol. The van der Waals surface area contributed by atoms with Crippen molar-refractivity contribution >= 4 is 17.7 Å². The fraction of sp³-hybridized carbons (Fsp3) is 0.100. The predicted octanol–water partition coefficient (Wildman–Crippen LogP) is 2.43. The van der Waals surface area contributed by atoms with Crippen LogP contribution in [-0.2, 0) is 4.79 Å². The Morgan fingerprint density at radius 3 is 2.58 bits per heavy atom. The molecule has 1 N–H and O–H groups in total. The largest absolute Gasteiger partial charge is 0.478 e. The maximum atomic E-state index is 13.1. The lowest BCUT2D eigenvalue weighted by atomic mass is 10.1. The molecule has 1 aromatic rings. The monoisotopic (exact) mass is 277 g/mol. The van der Waals surface area contributed by atoms with Gasteiger partial charge in [-0.2, -0.15) is 8.78 Å². The van der Waals surface area contributed by atoms with Crippen LogP contribution < -0.4 is 4.74 Å². The molecule has 0 radical (unpaired) electrons. The van der Waals surface area contributed by atoms with Crippen molar-refractivity contribution in [2.75, 3.05) is 0 Å². The minimum Gasteiger partial charge on any atom is -0.478 e. The predicted molar refractivity (Wildman–Crippen MR) is 56.4 cm³/mol. The Kier molecular flexibility index (Phi) is 4.46. The first-order valence-electron chi connectivity index (χ1n) is 4.65. The van der Waals surface area contributed by atoms with Gasteiger partial charge in [0.25, 0.3) is 0 Å². The van der Waals surface area contributed by atoms with Crippen LogP contribution in [0.5, 0.6) is 5.75 Å². The summed E-state index contributed by atoms with van der Waals surface area (Å²) in [6.07, 6.45) is 1.22. The molecule has 9 heteroatoms. The van der Waals surface area contributed by atoms with Crippen molar-refractivity contribution in [2.24, 2.45) is 0 Å². The Morgan fingerprint density at radius 1 is 1.47 bits per heavy atom. The second-order valence-corrected chi connectivity index (χ2v) is 3.15. The number of alkyl halides is 2. The number of carboxylic acids is 1. The number of carbonyl (C=O) groups is 1. The molecule has 0 unspecified atom stereocenters. The maximum absolute atomic E-state index is 13.1. The van der Waals surface area contributed by atoms with Crippen molar-refractivity contribution in [1.29, 1.82) is 0 Å². The van der Waals surface area contributed by atoms with Crippen molar-refractivity contribution in [3.05, 3.63) is 39.7 Å². The Balaban J connectivity index is 3.39. The minimum atomic E-state index is -3.38. The number of ether oxygens (including phenoxy) is 1. The molecule has 0 aliphatic heterocycles. The van der Waals surface area contributed by atoms with E-state index in [2.05, 4.69) is 4.74 Å².